The zero-order chi connectivity index (χ0) is 13.8. The average Bonchev–Trinajstić information content (AvgIpc) is 2.36. The topological polar surface area (TPSA) is 92.0 Å². The fraction of sp³-hybridized carbons (Fsp3) is 0.250. The van der Waals surface area contributed by atoms with Gasteiger partial charge in [0.25, 0.3) is 0 Å². The summed E-state index contributed by atoms with van der Waals surface area (Å²) in [6, 6.07) is 3.83. The lowest BCUT2D eigenvalue weighted by atomic mass is 10.3. The molecule has 0 aliphatic rings. The Bertz CT molecular complexity index is 551. The first-order valence-electron chi connectivity index (χ1n) is 5.80. The highest BCUT2D eigenvalue weighted by atomic mass is 15.5. The number of hydrazine groups is 1. The summed E-state index contributed by atoms with van der Waals surface area (Å²) in [7, 11) is 3.71. The molecule has 0 radical (unpaired) electrons. The summed E-state index contributed by atoms with van der Waals surface area (Å²) in [5.41, 5.74) is 10.5. The predicted molar refractivity (Wildman–Crippen MR) is 76.0 cm³/mol. The van der Waals surface area contributed by atoms with E-state index in [0.29, 0.717) is 23.1 Å². The van der Waals surface area contributed by atoms with Crippen molar-refractivity contribution in [1.82, 2.24) is 20.0 Å². The molecule has 0 bridgehead atoms. The van der Waals surface area contributed by atoms with Crippen LogP contribution in [-0.2, 0) is 0 Å². The van der Waals surface area contributed by atoms with E-state index in [4.69, 9.17) is 5.73 Å². The molecule has 2 heterocycles. The maximum Gasteiger partial charge on any atom is 0.169 e. The first kappa shape index (κ1) is 13.0. The molecule has 19 heavy (non-hydrogen) atoms. The van der Waals surface area contributed by atoms with Crippen molar-refractivity contribution in [2.75, 3.05) is 30.6 Å². The molecule has 7 heteroatoms. The average molecular weight is 259 g/mol. The molecule has 7 nitrogen and oxygen atoms in total. The van der Waals surface area contributed by atoms with Gasteiger partial charge in [-0.2, -0.15) is 0 Å². The molecule has 100 valence electrons. The van der Waals surface area contributed by atoms with E-state index < -0.39 is 0 Å². The van der Waals surface area contributed by atoms with Crippen LogP contribution in [0.25, 0.3) is 0 Å². The SMILES string of the molecule is Cc1ccc(Nc2ncnc(NN(C)C)c2N)nc1. The monoisotopic (exact) mass is 259 g/mol. The maximum absolute atomic E-state index is 6.00. The van der Waals surface area contributed by atoms with Crippen molar-refractivity contribution in [3.8, 4) is 0 Å². The van der Waals surface area contributed by atoms with Gasteiger partial charge < -0.3 is 16.5 Å². The standard InChI is InChI=1S/C12H17N7/c1-8-4-5-9(14-6-8)17-11-10(13)12(16-7-15-11)18-19(2)3/h4-7H,13H2,1-3H3,(H2,14,15,16,17,18). The van der Waals surface area contributed by atoms with Gasteiger partial charge in [0.2, 0.25) is 0 Å². The molecule has 0 atom stereocenters. The number of hydrogen-bond donors (Lipinski definition) is 3. The zero-order valence-corrected chi connectivity index (χ0v) is 11.2. The third kappa shape index (κ3) is 3.29. The first-order chi connectivity index (χ1) is 9.06. The fourth-order valence-electron chi connectivity index (χ4n) is 1.46. The van der Waals surface area contributed by atoms with Gasteiger partial charge in [-0.3, -0.25) is 0 Å². The Balaban J connectivity index is 2.23. The van der Waals surface area contributed by atoms with Crippen LogP contribution in [0.5, 0.6) is 0 Å². The molecule has 2 rings (SSSR count). The predicted octanol–water partition coefficient (Wildman–Crippen LogP) is 1.39. The number of aryl methyl sites for hydroxylation is 1. The minimum atomic E-state index is 0.443. The van der Waals surface area contributed by atoms with Gasteiger partial charge in [0, 0.05) is 20.3 Å². The van der Waals surface area contributed by atoms with Crippen molar-refractivity contribution >= 4 is 23.1 Å². The highest BCUT2D eigenvalue weighted by molar-refractivity contribution is 5.76. The van der Waals surface area contributed by atoms with E-state index in [1.807, 2.05) is 33.2 Å². The number of pyridine rings is 1. The van der Waals surface area contributed by atoms with E-state index in [1.165, 1.54) is 6.33 Å². The molecule has 0 aliphatic heterocycles. The first-order valence-corrected chi connectivity index (χ1v) is 5.80. The van der Waals surface area contributed by atoms with Crippen LogP contribution in [0.3, 0.4) is 0 Å². The number of aromatic nitrogens is 3. The summed E-state index contributed by atoms with van der Waals surface area (Å²) >= 11 is 0. The number of nitrogens with two attached hydrogens (primary N) is 1. The van der Waals surface area contributed by atoms with Gasteiger partial charge in [0.15, 0.2) is 11.6 Å². The number of nitrogen functional groups attached to an aromatic ring is 1. The van der Waals surface area contributed by atoms with E-state index in [1.54, 1.807) is 11.2 Å². The van der Waals surface area contributed by atoms with Crippen LogP contribution in [0.1, 0.15) is 5.56 Å². The summed E-state index contributed by atoms with van der Waals surface area (Å²) in [4.78, 5) is 12.5. The number of nitrogens with one attached hydrogen (secondary N) is 2. The van der Waals surface area contributed by atoms with E-state index in [9.17, 15) is 0 Å². The van der Waals surface area contributed by atoms with Crippen LogP contribution < -0.4 is 16.5 Å². The smallest absolute Gasteiger partial charge is 0.169 e. The molecule has 0 fully saturated rings. The third-order valence-corrected chi connectivity index (χ3v) is 2.37. The minimum absolute atomic E-state index is 0.443. The van der Waals surface area contributed by atoms with Crippen molar-refractivity contribution < 1.29 is 0 Å². The van der Waals surface area contributed by atoms with Gasteiger partial charge >= 0.3 is 0 Å². The summed E-state index contributed by atoms with van der Waals surface area (Å²) < 4.78 is 0. The molecule has 0 aromatic carbocycles. The maximum atomic E-state index is 6.00. The number of nitrogens with zero attached hydrogens (tertiary/aromatic N) is 4. The molecule has 0 spiro atoms. The van der Waals surface area contributed by atoms with Crippen LogP contribution >= 0.6 is 0 Å². The van der Waals surface area contributed by atoms with E-state index in [0.717, 1.165) is 5.56 Å². The Morgan fingerprint density at radius 2 is 1.84 bits per heavy atom. The lowest BCUT2D eigenvalue weighted by Crippen LogP contribution is -2.21. The second-order valence-electron chi connectivity index (χ2n) is 4.34. The number of rotatable bonds is 4. The van der Waals surface area contributed by atoms with Gasteiger partial charge in [-0.15, -0.1) is 0 Å². The minimum Gasteiger partial charge on any atom is -0.393 e. The molecule has 0 amide bonds. The second kappa shape index (κ2) is 5.49. The Labute approximate surface area is 111 Å². The van der Waals surface area contributed by atoms with Crippen LogP contribution in [0, 0.1) is 6.92 Å². The lowest BCUT2D eigenvalue weighted by molar-refractivity contribution is 0.492. The Morgan fingerprint density at radius 1 is 1.11 bits per heavy atom. The second-order valence-corrected chi connectivity index (χ2v) is 4.34. The highest BCUT2D eigenvalue weighted by Gasteiger charge is 2.09. The van der Waals surface area contributed by atoms with E-state index >= 15 is 0 Å². The van der Waals surface area contributed by atoms with Crippen molar-refractivity contribution in [2.24, 2.45) is 0 Å². The summed E-state index contributed by atoms with van der Waals surface area (Å²) in [6.07, 6.45) is 3.22. The van der Waals surface area contributed by atoms with Crippen molar-refractivity contribution in [3.05, 3.63) is 30.2 Å². The molecular formula is C12H17N7. The van der Waals surface area contributed by atoms with Crippen LogP contribution in [-0.4, -0.2) is 34.1 Å². The number of anilines is 4. The van der Waals surface area contributed by atoms with Crippen LogP contribution in [0.15, 0.2) is 24.7 Å². The van der Waals surface area contributed by atoms with Crippen molar-refractivity contribution in [2.45, 2.75) is 6.92 Å². The van der Waals surface area contributed by atoms with Gasteiger partial charge in [0.05, 0.1) is 0 Å². The van der Waals surface area contributed by atoms with Crippen LogP contribution in [0.4, 0.5) is 23.1 Å². The summed E-state index contributed by atoms with van der Waals surface area (Å²) in [5, 5.41) is 4.82. The van der Waals surface area contributed by atoms with Crippen molar-refractivity contribution in [3.63, 3.8) is 0 Å². The molecule has 0 saturated carbocycles. The molecule has 0 saturated heterocycles. The third-order valence-electron chi connectivity index (χ3n) is 2.37. The summed E-state index contributed by atoms with van der Waals surface area (Å²) in [6.45, 7) is 1.98. The largest absolute Gasteiger partial charge is 0.393 e. The molecule has 2 aromatic heterocycles. The van der Waals surface area contributed by atoms with Gasteiger partial charge in [-0.25, -0.2) is 20.0 Å². The Kier molecular flexibility index (Phi) is 3.76. The normalized spacial score (nSPS) is 10.5. The van der Waals surface area contributed by atoms with Gasteiger partial charge in [-0.05, 0) is 18.6 Å². The Hall–Kier alpha value is -2.41. The molecule has 0 unspecified atom stereocenters. The van der Waals surface area contributed by atoms with Gasteiger partial charge in [-0.1, -0.05) is 6.07 Å². The van der Waals surface area contributed by atoms with E-state index in [2.05, 4.69) is 25.7 Å². The number of hydrogen-bond acceptors (Lipinski definition) is 7. The van der Waals surface area contributed by atoms with E-state index in [-0.39, 0.29) is 0 Å². The molecular weight excluding hydrogens is 242 g/mol. The van der Waals surface area contributed by atoms with Crippen molar-refractivity contribution in [1.29, 1.82) is 0 Å². The van der Waals surface area contributed by atoms with Crippen LogP contribution in [0.2, 0.25) is 0 Å². The fourth-order valence-corrected chi connectivity index (χ4v) is 1.46. The molecule has 4 N–H and O–H groups in total. The molecule has 2 aromatic rings. The summed E-state index contributed by atoms with van der Waals surface area (Å²) in [5.74, 6) is 1.76. The molecule has 0 aliphatic carbocycles. The quantitative estimate of drug-likeness (QED) is 0.714. The Morgan fingerprint density at radius 3 is 2.47 bits per heavy atom. The zero-order valence-electron chi connectivity index (χ0n) is 11.2. The van der Waals surface area contributed by atoms with Gasteiger partial charge in [0.1, 0.15) is 17.8 Å². The highest BCUT2D eigenvalue weighted by Crippen LogP contribution is 2.24. The lowest BCUT2D eigenvalue weighted by Gasteiger charge is -2.15.